The van der Waals surface area contributed by atoms with Crippen LogP contribution in [0.1, 0.15) is 11.1 Å². The Balaban J connectivity index is 1.99. The maximum absolute atomic E-state index is 9.87. The first-order chi connectivity index (χ1) is 10.2. The van der Waals surface area contributed by atoms with Crippen molar-refractivity contribution in [3.8, 4) is 17.0 Å². The van der Waals surface area contributed by atoms with E-state index in [0.717, 1.165) is 11.1 Å². The standard InChI is InChI=1S/C15H13N5O/c16-15-11(6-5-10-8-17-18-9-10)7-13(19-20-15)12-3-1-2-4-14(12)21/h1-9,21H,(H2,16,20)(H,17,18)/b6-5+. The van der Waals surface area contributed by atoms with Gasteiger partial charge in [0.2, 0.25) is 0 Å². The number of hydrogen-bond donors (Lipinski definition) is 3. The predicted octanol–water partition coefficient (Wildman–Crippen LogP) is 2.32. The zero-order valence-electron chi connectivity index (χ0n) is 11.1. The summed E-state index contributed by atoms with van der Waals surface area (Å²) in [4.78, 5) is 0. The molecule has 21 heavy (non-hydrogen) atoms. The fourth-order valence-electron chi connectivity index (χ4n) is 1.91. The summed E-state index contributed by atoms with van der Waals surface area (Å²) >= 11 is 0. The summed E-state index contributed by atoms with van der Waals surface area (Å²) < 4.78 is 0. The minimum absolute atomic E-state index is 0.154. The highest BCUT2D eigenvalue weighted by atomic mass is 16.3. The molecule has 0 saturated heterocycles. The molecular weight excluding hydrogens is 266 g/mol. The number of phenols is 1. The third-order valence-corrected chi connectivity index (χ3v) is 3.01. The van der Waals surface area contributed by atoms with Crippen LogP contribution in [0.4, 0.5) is 5.82 Å². The van der Waals surface area contributed by atoms with Crippen LogP contribution in [0.5, 0.6) is 5.75 Å². The second-order valence-corrected chi connectivity index (χ2v) is 4.45. The van der Waals surface area contributed by atoms with Gasteiger partial charge in [0.05, 0.1) is 11.9 Å². The van der Waals surface area contributed by atoms with Gasteiger partial charge in [0.15, 0.2) is 5.82 Å². The molecular formula is C15H13N5O. The van der Waals surface area contributed by atoms with Crippen molar-refractivity contribution in [1.29, 1.82) is 0 Å². The van der Waals surface area contributed by atoms with E-state index in [2.05, 4.69) is 20.4 Å². The Hall–Kier alpha value is -3.15. The number of nitrogens with zero attached hydrogens (tertiary/aromatic N) is 3. The molecule has 6 nitrogen and oxygen atoms in total. The second kappa shape index (κ2) is 5.46. The van der Waals surface area contributed by atoms with Gasteiger partial charge in [0.25, 0.3) is 0 Å². The van der Waals surface area contributed by atoms with Gasteiger partial charge in [-0.15, -0.1) is 10.2 Å². The summed E-state index contributed by atoms with van der Waals surface area (Å²) in [5.74, 6) is 0.482. The lowest BCUT2D eigenvalue weighted by atomic mass is 10.1. The summed E-state index contributed by atoms with van der Waals surface area (Å²) in [5, 5.41) is 24.4. The van der Waals surface area contributed by atoms with Crippen LogP contribution in [-0.2, 0) is 0 Å². The van der Waals surface area contributed by atoms with Gasteiger partial charge in [-0.3, -0.25) is 5.10 Å². The normalized spacial score (nSPS) is 11.0. The molecule has 0 spiro atoms. The van der Waals surface area contributed by atoms with Crippen molar-refractivity contribution < 1.29 is 5.11 Å². The van der Waals surface area contributed by atoms with Crippen LogP contribution >= 0.6 is 0 Å². The van der Waals surface area contributed by atoms with Crippen LogP contribution in [0.15, 0.2) is 42.7 Å². The van der Waals surface area contributed by atoms with E-state index in [4.69, 9.17) is 5.73 Å². The fourth-order valence-corrected chi connectivity index (χ4v) is 1.91. The molecule has 0 fully saturated rings. The summed E-state index contributed by atoms with van der Waals surface area (Å²) in [6, 6.07) is 8.75. The van der Waals surface area contributed by atoms with Crippen LogP contribution in [0.3, 0.4) is 0 Å². The average Bonchev–Trinajstić information content (AvgIpc) is 3.00. The molecule has 3 rings (SSSR count). The first-order valence-corrected chi connectivity index (χ1v) is 6.32. The van der Waals surface area contributed by atoms with E-state index in [0.29, 0.717) is 17.1 Å². The van der Waals surface area contributed by atoms with Gasteiger partial charge in [-0.25, -0.2) is 0 Å². The van der Waals surface area contributed by atoms with Crippen molar-refractivity contribution in [2.24, 2.45) is 0 Å². The Morgan fingerprint density at radius 3 is 2.76 bits per heavy atom. The number of benzene rings is 1. The molecule has 1 aromatic carbocycles. The Kier molecular flexibility index (Phi) is 3.34. The zero-order chi connectivity index (χ0) is 14.7. The molecule has 2 heterocycles. The third kappa shape index (κ3) is 2.74. The van der Waals surface area contributed by atoms with Crippen LogP contribution in [0.2, 0.25) is 0 Å². The van der Waals surface area contributed by atoms with Crippen molar-refractivity contribution in [2.75, 3.05) is 5.73 Å². The predicted molar refractivity (Wildman–Crippen MR) is 81.1 cm³/mol. The molecule has 0 aliphatic rings. The van der Waals surface area contributed by atoms with Crippen LogP contribution in [0.25, 0.3) is 23.4 Å². The fraction of sp³-hybridized carbons (Fsp3) is 0. The molecule has 0 aliphatic heterocycles. The molecule has 0 amide bonds. The number of rotatable bonds is 3. The van der Waals surface area contributed by atoms with Gasteiger partial charge in [-0.1, -0.05) is 24.3 Å². The number of hydrogen-bond acceptors (Lipinski definition) is 5. The van der Waals surface area contributed by atoms with Crippen LogP contribution in [0, 0.1) is 0 Å². The van der Waals surface area contributed by atoms with Gasteiger partial charge in [0, 0.05) is 22.9 Å². The lowest BCUT2D eigenvalue weighted by Crippen LogP contribution is -1.98. The highest BCUT2D eigenvalue weighted by molar-refractivity contribution is 5.77. The van der Waals surface area contributed by atoms with Gasteiger partial charge >= 0.3 is 0 Å². The number of nitrogens with two attached hydrogens (primary N) is 1. The third-order valence-electron chi connectivity index (χ3n) is 3.01. The summed E-state index contributed by atoms with van der Waals surface area (Å²) in [6.45, 7) is 0. The Bertz CT molecular complexity index is 781. The number of phenolic OH excluding ortho intramolecular Hbond substituents is 1. The number of nitrogen functional groups attached to an aromatic ring is 1. The number of aromatic hydroxyl groups is 1. The first-order valence-electron chi connectivity index (χ1n) is 6.32. The van der Waals surface area contributed by atoms with E-state index in [1.165, 1.54) is 0 Å². The zero-order valence-corrected chi connectivity index (χ0v) is 11.1. The van der Waals surface area contributed by atoms with Crippen LogP contribution < -0.4 is 5.73 Å². The van der Waals surface area contributed by atoms with E-state index in [-0.39, 0.29) is 5.75 Å². The molecule has 6 heteroatoms. The SMILES string of the molecule is Nc1nnc(-c2ccccc2O)cc1/C=C/c1cn[nH]c1. The number of nitrogens with one attached hydrogen (secondary N) is 1. The highest BCUT2D eigenvalue weighted by Gasteiger charge is 2.08. The smallest absolute Gasteiger partial charge is 0.153 e. The second-order valence-electron chi connectivity index (χ2n) is 4.45. The molecule has 0 unspecified atom stereocenters. The van der Waals surface area contributed by atoms with Crippen LogP contribution in [-0.4, -0.2) is 25.5 Å². The van der Waals surface area contributed by atoms with Crippen molar-refractivity contribution in [3.63, 3.8) is 0 Å². The van der Waals surface area contributed by atoms with E-state index in [9.17, 15) is 5.11 Å². The molecule has 0 aliphatic carbocycles. The van der Waals surface area contributed by atoms with Crippen molar-refractivity contribution in [1.82, 2.24) is 20.4 Å². The molecule has 3 aromatic rings. The van der Waals surface area contributed by atoms with Gasteiger partial charge < -0.3 is 10.8 Å². The number of aromatic nitrogens is 4. The topological polar surface area (TPSA) is 101 Å². The summed E-state index contributed by atoms with van der Waals surface area (Å²) in [6.07, 6.45) is 7.17. The minimum Gasteiger partial charge on any atom is -0.507 e. The van der Waals surface area contributed by atoms with Gasteiger partial charge in [-0.05, 0) is 18.2 Å². The number of aromatic amines is 1. The molecule has 0 atom stereocenters. The quantitative estimate of drug-likeness (QED) is 0.683. The first kappa shape index (κ1) is 12.9. The Morgan fingerprint density at radius 2 is 2.00 bits per heavy atom. The molecule has 0 bridgehead atoms. The molecule has 0 radical (unpaired) electrons. The maximum Gasteiger partial charge on any atom is 0.153 e. The maximum atomic E-state index is 9.87. The van der Waals surface area contributed by atoms with Crippen molar-refractivity contribution in [2.45, 2.75) is 0 Å². The van der Waals surface area contributed by atoms with Gasteiger partial charge in [-0.2, -0.15) is 5.10 Å². The molecule has 0 saturated carbocycles. The average molecular weight is 279 g/mol. The lowest BCUT2D eigenvalue weighted by Gasteiger charge is -2.05. The highest BCUT2D eigenvalue weighted by Crippen LogP contribution is 2.28. The number of anilines is 1. The summed E-state index contributed by atoms with van der Waals surface area (Å²) in [7, 11) is 0. The number of para-hydroxylation sites is 1. The minimum atomic E-state index is 0.154. The van der Waals surface area contributed by atoms with Crippen molar-refractivity contribution in [3.05, 3.63) is 53.9 Å². The van der Waals surface area contributed by atoms with Gasteiger partial charge in [0.1, 0.15) is 5.75 Å². The lowest BCUT2D eigenvalue weighted by molar-refractivity contribution is 0.477. The molecule has 2 aromatic heterocycles. The van der Waals surface area contributed by atoms with E-state index in [1.807, 2.05) is 18.2 Å². The van der Waals surface area contributed by atoms with E-state index in [1.54, 1.807) is 36.7 Å². The number of H-pyrrole nitrogens is 1. The molecule has 4 N–H and O–H groups in total. The van der Waals surface area contributed by atoms with Crippen molar-refractivity contribution >= 4 is 18.0 Å². The Morgan fingerprint density at radius 1 is 1.14 bits per heavy atom. The largest absolute Gasteiger partial charge is 0.507 e. The molecule has 104 valence electrons. The van der Waals surface area contributed by atoms with E-state index < -0.39 is 0 Å². The van der Waals surface area contributed by atoms with E-state index >= 15 is 0 Å². The Labute approximate surface area is 121 Å². The monoisotopic (exact) mass is 279 g/mol. The summed E-state index contributed by atoms with van der Waals surface area (Å²) in [5.41, 5.74) is 8.66.